The zero-order valence-electron chi connectivity index (χ0n) is 12.1. The van der Waals surface area contributed by atoms with Crippen LogP contribution in [0.2, 0.25) is 0 Å². The number of rotatable bonds is 9. The minimum absolute atomic E-state index is 0.500. The van der Waals surface area contributed by atoms with E-state index in [4.69, 9.17) is 11.2 Å². The number of nitrogens with one attached hydrogen (secondary N) is 1. The van der Waals surface area contributed by atoms with E-state index in [0.29, 0.717) is 6.04 Å². The standard InChI is InChI=1S/C17H25NO/c1-4-6-7-10-16(18-12-5-2)13-15-9-8-11-17(14-15)19-3/h1,8-9,11,14,16,18H,5-7,10,12-13H2,2-3H3. The molecule has 1 rings (SSSR count). The molecular weight excluding hydrogens is 234 g/mol. The third kappa shape index (κ3) is 6.31. The predicted octanol–water partition coefficient (Wildman–Crippen LogP) is 3.41. The summed E-state index contributed by atoms with van der Waals surface area (Å²) in [6.45, 7) is 3.25. The van der Waals surface area contributed by atoms with Crippen LogP contribution in [0.25, 0.3) is 0 Å². The second-order valence-corrected chi connectivity index (χ2v) is 4.80. The molecule has 0 aromatic heterocycles. The van der Waals surface area contributed by atoms with Crippen LogP contribution in [-0.4, -0.2) is 19.7 Å². The van der Waals surface area contributed by atoms with E-state index in [1.165, 1.54) is 5.56 Å². The first-order valence-corrected chi connectivity index (χ1v) is 7.10. The van der Waals surface area contributed by atoms with Gasteiger partial charge in [-0.05, 0) is 49.9 Å². The van der Waals surface area contributed by atoms with Crippen molar-refractivity contribution in [3.05, 3.63) is 29.8 Å². The van der Waals surface area contributed by atoms with Crippen LogP contribution in [0.3, 0.4) is 0 Å². The number of hydrogen-bond donors (Lipinski definition) is 1. The quantitative estimate of drug-likeness (QED) is 0.542. The summed E-state index contributed by atoms with van der Waals surface area (Å²) in [5, 5.41) is 3.60. The van der Waals surface area contributed by atoms with Crippen molar-refractivity contribution in [2.75, 3.05) is 13.7 Å². The highest BCUT2D eigenvalue weighted by Crippen LogP contribution is 2.15. The lowest BCUT2D eigenvalue weighted by Gasteiger charge is -2.18. The fourth-order valence-corrected chi connectivity index (χ4v) is 2.16. The summed E-state index contributed by atoms with van der Waals surface area (Å²) in [6.07, 6.45) is 10.6. The minimum atomic E-state index is 0.500. The average molecular weight is 259 g/mol. The monoisotopic (exact) mass is 259 g/mol. The lowest BCUT2D eigenvalue weighted by atomic mass is 10.0. The number of terminal acetylenes is 1. The summed E-state index contributed by atoms with van der Waals surface area (Å²) in [5.74, 6) is 3.64. The van der Waals surface area contributed by atoms with Crippen molar-refractivity contribution in [1.82, 2.24) is 5.32 Å². The molecule has 0 saturated carbocycles. The summed E-state index contributed by atoms with van der Waals surface area (Å²) < 4.78 is 5.27. The van der Waals surface area contributed by atoms with Gasteiger partial charge < -0.3 is 10.1 Å². The van der Waals surface area contributed by atoms with Gasteiger partial charge >= 0.3 is 0 Å². The molecule has 1 aromatic rings. The Balaban J connectivity index is 2.56. The maximum Gasteiger partial charge on any atom is 0.119 e. The molecule has 0 aliphatic heterocycles. The first-order valence-electron chi connectivity index (χ1n) is 7.10. The first kappa shape index (κ1) is 15.6. The molecule has 0 amide bonds. The number of methoxy groups -OCH3 is 1. The summed E-state index contributed by atoms with van der Waals surface area (Å²) in [6, 6.07) is 8.80. The highest BCUT2D eigenvalue weighted by atomic mass is 16.5. The zero-order valence-corrected chi connectivity index (χ0v) is 12.1. The van der Waals surface area contributed by atoms with E-state index in [1.54, 1.807) is 7.11 Å². The van der Waals surface area contributed by atoms with Crippen LogP contribution in [0.4, 0.5) is 0 Å². The summed E-state index contributed by atoms with van der Waals surface area (Å²) in [7, 11) is 1.71. The Morgan fingerprint density at radius 3 is 2.95 bits per heavy atom. The van der Waals surface area contributed by atoms with Gasteiger partial charge in [-0.1, -0.05) is 19.1 Å². The summed E-state index contributed by atoms with van der Waals surface area (Å²) in [4.78, 5) is 0. The SMILES string of the molecule is C#CCCCC(Cc1cccc(OC)c1)NCCC. The van der Waals surface area contributed by atoms with Gasteiger partial charge in [0.25, 0.3) is 0 Å². The van der Waals surface area contributed by atoms with Crippen molar-refractivity contribution >= 4 is 0 Å². The molecule has 1 N–H and O–H groups in total. The Kier molecular flexibility index (Phi) is 7.77. The van der Waals surface area contributed by atoms with E-state index < -0.39 is 0 Å². The summed E-state index contributed by atoms with van der Waals surface area (Å²) >= 11 is 0. The predicted molar refractivity (Wildman–Crippen MR) is 81.5 cm³/mol. The molecule has 2 heteroatoms. The van der Waals surface area contributed by atoms with Crippen molar-refractivity contribution in [1.29, 1.82) is 0 Å². The van der Waals surface area contributed by atoms with Crippen molar-refractivity contribution < 1.29 is 4.74 Å². The molecule has 1 atom stereocenters. The number of hydrogen-bond acceptors (Lipinski definition) is 2. The Labute approximate surface area is 117 Å². The summed E-state index contributed by atoms with van der Waals surface area (Å²) in [5.41, 5.74) is 1.31. The van der Waals surface area contributed by atoms with Gasteiger partial charge in [0, 0.05) is 12.5 Å². The molecule has 0 saturated heterocycles. The van der Waals surface area contributed by atoms with Gasteiger partial charge in [-0.15, -0.1) is 12.3 Å². The molecule has 0 fully saturated rings. The molecule has 104 valence electrons. The van der Waals surface area contributed by atoms with Gasteiger partial charge in [0.05, 0.1) is 7.11 Å². The fourth-order valence-electron chi connectivity index (χ4n) is 2.16. The molecule has 1 aromatic carbocycles. The molecule has 0 aliphatic rings. The van der Waals surface area contributed by atoms with E-state index in [0.717, 1.165) is 44.4 Å². The average Bonchev–Trinajstić information content (AvgIpc) is 2.45. The topological polar surface area (TPSA) is 21.3 Å². The molecule has 0 bridgehead atoms. The van der Waals surface area contributed by atoms with E-state index >= 15 is 0 Å². The fraction of sp³-hybridized carbons (Fsp3) is 0.529. The van der Waals surface area contributed by atoms with Crippen LogP contribution < -0.4 is 10.1 Å². The Morgan fingerprint density at radius 2 is 2.26 bits per heavy atom. The number of unbranched alkanes of at least 4 members (excludes halogenated alkanes) is 1. The van der Waals surface area contributed by atoms with Gasteiger partial charge in [-0.2, -0.15) is 0 Å². The van der Waals surface area contributed by atoms with Gasteiger partial charge in [-0.25, -0.2) is 0 Å². The van der Waals surface area contributed by atoms with Crippen molar-refractivity contribution in [3.63, 3.8) is 0 Å². The minimum Gasteiger partial charge on any atom is -0.497 e. The molecule has 0 radical (unpaired) electrons. The maximum atomic E-state index is 5.32. The molecule has 19 heavy (non-hydrogen) atoms. The van der Waals surface area contributed by atoms with E-state index in [-0.39, 0.29) is 0 Å². The van der Waals surface area contributed by atoms with E-state index in [1.807, 2.05) is 12.1 Å². The molecule has 1 unspecified atom stereocenters. The molecule has 0 aliphatic carbocycles. The Bertz CT molecular complexity index is 394. The second-order valence-electron chi connectivity index (χ2n) is 4.80. The molecule has 0 spiro atoms. The van der Waals surface area contributed by atoms with Crippen molar-refractivity contribution in [2.45, 2.75) is 45.1 Å². The highest BCUT2D eigenvalue weighted by Gasteiger charge is 2.09. The second kappa shape index (κ2) is 9.47. The molecule has 2 nitrogen and oxygen atoms in total. The molecular formula is C17H25NO. The van der Waals surface area contributed by atoms with Crippen LogP contribution in [0.1, 0.15) is 38.2 Å². The normalized spacial score (nSPS) is 11.8. The smallest absolute Gasteiger partial charge is 0.119 e. The third-order valence-electron chi connectivity index (χ3n) is 3.17. The zero-order chi connectivity index (χ0) is 13.9. The third-order valence-corrected chi connectivity index (χ3v) is 3.17. The van der Waals surface area contributed by atoms with Crippen molar-refractivity contribution in [3.8, 4) is 18.1 Å². The lowest BCUT2D eigenvalue weighted by Crippen LogP contribution is -2.31. The van der Waals surface area contributed by atoms with Crippen molar-refractivity contribution in [2.24, 2.45) is 0 Å². The Hall–Kier alpha value is -1.46. The van der Waals surface area contributed by atoms with Crippen LogP contribution in [-0.2, 0) is 6.42 Å². The highest BCUT2D eigenvalue weighted by molar-refractivity contribution is 5.28. The number of ether oxygens (including phenoxy) is 1. The van der Waals surface area contributed by atoms with Crippen LogP contribution in [0, 0.1) is 12.3 Å². The van der Waals surface area contributed by atoms with Crippen LogP contribution >= 0.6 is 0 Å². The van der Waals surface area contributed by atoms with E-state index in [9.17, 15) is 0 Å². The Morgan fingerprint density at radius 1 is 1.42 bits per heavy atom. The first-order chi connectivity index (χ1) is 9.30. The lowest BCUT2D eigenvalue weighted by molar-refractivity contribution is 0.413. The van der Waals surface area contributed by atoms with Gasteiger partial charge in [-0.3, -0.25) is 0 Å². The maximum absolute atomic E-state index is 5.32. The largest absolute Gasteiger partial charge is 0.497 e. The van der Waals surface area contributed by atoms with E-state index in [2.05, 4.69) is 30.3 Å². The van der Waals surface area contributed by atoms with Gasteiger partial charge in [0.2, 0.25) is 0 Å². The number of benzene rings is 1. The van der Waals surface area contributed by atoms with Gasteiger partial charge in [0.1, 0.15) is 5.75 Å². The van der Waals surface area contributed by atoms with Crippen LogP contribution in [0.5, 0.6) is 5.75 Å². The molecule has 0 heterocycles. The van der Waals surface area contributed by atoms with Gasteiger partial charge in [0.15, 0.2) is 0 Å². The van der Waals surface area contributed by atoms with Crippen LogP contribution in [0.15, 0.2) is 24.3 Å².